The third-order valence-electron chi connectivity index (χ3n) is 0.990. The summed E-state index contributed by atoms with van der Waals surface area (Å²) in [7, 11) is 0. The van der Waals surface area contributed by atoms with Crippen LogP contribution in [0.3, 0.4) is 0 Å². The third kappa shape index (κ3) is 7.15. The van der Waals surface area contributed by atoms with E-state index in [4.69, 9.17) is 0 Å². The smallest absolute Gasteiger partial charge is 0.0261 e. The van der Waals surface area contributed by atoms with Crippen LogP contribution in [0.15, 0.2) is 29.9 Å². The van der Waals surface area contributed by atoms with Crippen LogP contribution < -0.4 is 0 Å². The van der Waals surface area contributed by atoms with E-state index in [9.17, 15) is 0 Å². The van der Waals surface area contributed by atoms with Gasteiger partial charge in [0.15, 0.2) is 0 Å². The summed E-state index contributed by atoms with van der Waals surface area (Å²) in [6.07, 6.45) is 8.30. The van der Waals surface area contributed by atoms with E-state index < -0.39 is 0 Å². The molecule has 0 N–H and O–H groups in total. The Kier molecular flexibility index (Phi) is 5.74. The maximum atomic E-state index is 3.94. The molecule has 0 aromatic heterocycles. The average Bonchev–Trinajstić information content (AvgIpc) is 1.87. The molecule has 0 aromatic carbocycles. The first-order valence-electron chi connectivity index (χ1n) is 3.56. The van der Waals surface area contributed by atoms with Crippen LogP contribution in [-0.2, 0) is 0 Å². The van der Waals surface area contributed by atoms with Gasteiger partial charge in [0.25, 0.3) is 0 Å². The van der Waals surface area contributed by atoms with Crippen LogP contribution in [-0.4, -0.2) is 6.21 Å². The third-order valence-corrected chi connectivity index (χ3v) is 0.990. The Bertz CT molecular complexity index is 132. The van der Waals surface area contributed by atoms with Crippen molar-refractivity contribution in [1.29, 1.82) is 0 Å². The summed E-state index contributed by atoms with van der Waals surface area (Å²) < 4.78 is 0. The van der Waals surface area contributed by atoms with E-state index in [1.807, 2.05) is 6.20 Å². The lowest BCUT2D eigenvalue weighted by Gasteiger charge is -1.93. The van der Waals surface area contributed by atoms with E-state index in [0.29, 0.717) is 0 Å². The fourth-order valence-electron chi connectivity index (χ4n) is 0.504. The minimum absolute atomic E-state index is 0.718. The lowest BCUT2D eigenvalue weighted by Crippen LogP contribution is -1.80. The standard InChI is InChI=1S/C9H15N/c1-4-7-10-8-5-6-9(2)3/h4-5,7-9H,1,6H2,2-3H3/b8-5-,10-7-. The summed E-state index contributed by atoms with van der Waals surface area (Å²) >= 11 is 0. The second kappa shape index (κ2) is 6.27. The first kappa shape index (κ1) is 9.15. The maximum Gasteiger partial charge on any atom is 0.0261 e. The molecule has 0 radical (unpaired) electrons. The van der Waals surface area contributed by atoms with E-state index in [1.165, 1.54) is 0 Å². The fourth-order valence-corrected chi connectivity index (χ4v) is 0.504. The number of allylic oxidation sites excluding steroid dienone is 2. The van der Waals surface area contributed by atoms with Crippen molar-refractivity contribution in [2.75, 3.05) is 0 Å². The van der Waals surface area contributed by atoms with Gasteiger partial charge in [0.05, 0.1) is 0 Å². The molecule has 0 amide bonds. The summed E-state index contributed by atoms with van der Waals surface area (Å²) in [4.78, 5) is 3.94. The van der Waals surface area contributed by atoms with Gasteiger partial charge in [-0.2, -0.15) is 0 Å². The van der Waals surface area contributed by atoms with Gasteiger partial charge in [-0.1, -0.05) is 32.6 Å². The zero-order valence-corrected chi connectivity index (χ0v) is 6.75. The molecule has 10 heavy (non-hydrogen) atoms. The molecular formula is C9H15N. The van der Waals surface area contributed by atoms with Crippen molar-refractivity contribution in [2.24, 2.45) is 10.9 Å². The van der Waals surface area contributed by atoms with E-state index in [2.05, 4.69) is 31.5 Å². The van der Waals surface area contributed by atoms with Crippen LogP contribution in [0.25, 0.3) is 0 Å². The Morgan fingerprint density at radius 2 is 2.20 bits per heavy atom. The minimum Gasteiger partial charge on any atom is -0.265 e. The van der Waals surface area contributed by atoms with Crippen LogP contribution >= 0.6 is 0 Å². The predicted octanol–water partition coefficient (Wildman–Crippen LogP) is 2.80. The molecule has 0 bridgehead atoms. The van der Waals surface area contributed by atoms with E-state index in [1.54, 1.807) is 12.3 Å². The number of hydrogen-bond donors (Lipinski definition) is 0. The van der Waals surface area contributed by atoms with Crippen molar-refractivity contribution in [1.82, 2.24) is 0 Å². The zero-order chi connectivity index (χ0) is 7.82. The lowest BCUT2D eigenvalue weighted by molar-refractivity contribution is 0.663. The monoisotopic (exact) mass is 137 g/mol. The van der Waals surface area contributed by atoms with E-state index in [-0.39, 0.29) is 0 Å². The molecule has 0 aliphatic heterocycles. The van der Waals surface area contributed by atoms with Crippen LogP contribution in [0, 0.1) is 5.92 Å². The summed E-state index contributed by atoms with van der Waals surface area (Å²) in [5, 5.41) is 0. The topological polar surface area (TPSA) is 12.4 Å². The van der Waals surface area contributed by atoms with Gasteiger partial charge >= 0.3 is 0 Å². The summed E-state index contributed by atoms with van der Waals surface area (Å²) in [5.41, 5.74) is 0. The molecule has 0 rings (SSSR count). The SMILES string of the molecule is C=C/C=N\C=C/CC(C)C. The molecule has 0 aliphatic rings. The minimum atomic E-state index is 0.718. The number of nitrogens with zero attached hydrogens (tertiary/aromatic N) is 1. The number of rotatable bonds is 4. The molecule has 0 saturated carbocycles. The molecule has 0 heterocycles. The number of aliphatic imine (C=N–C) groups is 1. The zero-order valence-electron chi connectivity index (χ0n) is 6.75. The van der Waals surface area contributed by atoms with Gasteiger partial charge in [0.2, 0.25) is 0 Å². The highest BCUT2D eigenvalue weighted by Crippen LogP contribution is 1.99. The van der Waals surface area contributed by atoms with Gasteiger partial charge in [-0.25, -0.2) is 0 Å². The van der Waals surface area contributed by atoms with Crippen molar-refractivity contribution in [3.8, 4) is 0 Å². The van der Waals surface area contributed by atoms with Crippen molar-refractivity contribution in [2.45, 2.75) is 20.3 Å². The molecule has 1 heteroatoms. The Morgan fingerprint density at radius 3 is 2.70 bits per heavy atom. The van der Waals surface area contributed by atoms with Gasteiger partial charge < -0.3 is 0 Å². The van der Waals surface area contributed by atoms with Crippen molar-refractivity contribution in [3.63, 3.8) is 0 Å². The Hall–Kier alpha value is -0.850. The molecule has 0 aromatic rings. The second-order valence-electron chi connectivity index (χ2n) is 2.55. The predicted molar refractivity (Wildman–Crippen MR) is 47.3 cm³/mol. The second-order valence-corrected chi connectivity index (χ2v) is 2.55. The van der Waals surface area contributed by atoms with E-state index >= 15 is 0 Å². The first-order chi connectivity index (χ1) is 4.77. The molecule has 56 valence electrons. The molecule has 0 spiro atoms. The summed E-state index contributed by atoms with van der Waals surface area (Å²) in [6.45, 7) is 7.87. The largest absolute Gasteiger partial charge is 0.265 e. The molecule has 0 saturated heterocycles. The maximum absolute atomic E-state index is 3.94. The van der Waals surface area contributed by atoms with Gasteiger partial charge in [0.1, 0.15) is 0 Å². The summed E-state index contributed by atoms with van der Waals surface area (Å²) in [6, 6.07) is 0. The average molecular weight is 137 g/mol. The first-order valence-corrected chi connectivity index (χ1v) is 3.56. The summed E-state index contributed by atoms with van der Waals surface area (Å²) in [5.74, 6) is 0.718. The molecule has 0 aliphatic carbocycles. The highest BCUT2D eigenvalue weighted by molar-refractivity contribution is 5.70. The van der Waals surface area contributed by atoms with Crippen LogP contribution in [0.5, 0.6) is 0 Å². The van der Waals surface area contributed by atoms with Crippen LogP contribution in [0.2, 0.25) is 0 Å². The normalized spacial score (nSPS) is 11.9. The Balaban J connectivity index is 3.37. The Labute approximate surface area is 63.2 Å². The van der Waals surface area contributed by atoms with Crippen molar-refractivity contribution < 1.29 is 0 Å². The van der Waals surface area contributed by atoms with Gasteiger partial charge in [-0.3, -0.25) is 4.99 Å². The highest BCUT2D eigenvalue weighted by atomic mass is 14.6. The van der Waals surface area contributed by atoms with Gasteiger partial charge in [-0.15, -0.1) is 0 Å². The van der Waals surface area contributed by atoms with Crippen molar-refractivity contribution in [3.05, 3.63) is 24.9 Å². The molecule has 1 nitrogen and oxygen atoms in total. The highest BCUT2D eigenvalue weighted by Gasteiger charge is 1.84. The molecular weight excluding hydrogens is 122 g/mol. The molecule has 0 atom stereocenters. The Morgan fingerprint density at radius 1 is 1.50 bits per heavy atom. The van der Waals surface area contributed by atoms with Crippen LogP contribution in [0.1, 0.15) is 20.3 Å². The fraction of sp³-hybridized carbons (Fsp3) is 0.444. The molecule has 0 fully saturated rings. The van der Waals surface area contributed by atoms with Gasteiger partial charge in [0, 0.05) is 12.4 Å². The van der Waals surface area contributed by atoms with E-state index in [0.717, 1.165) is 12.3 Å². The molecule has 0 unspecified atom stereocenters. The van der Waals surface area contributed by atoms with Crippen LogP contribution in [0.4, 0.5) is 0 Å². The lowest BCUT2D eigenvalue weighted by atomic mass is 10.1. The van der Waals surface area contributed by atoms with Gasteiger partial charge in [-0.05, 0) is 12.3 Å². The quantitative estimate of drug-likeness (QED) is 0.528. The van der Waals surface area contributed by atoms with Crippen molar-refractivity contribution >= 4 is 6.21 Å². The number of hydrogen-bond acceptors (Lipinski definition) is 1.